The van der Waals surface area contributed by atoms with E-state index in [1.54, 1.807) is 24.3 Å². The van der Waals surface area contributed by atoms with E-state index in [9.17, 15) is 4.79 Å². The van der Waals surface area contributed by atoms with Crippen LogP contribution in [0.5, 0.6) is 11.5 Å². The smallest absolute Gasteiger partial charge is 0.328 e. The Morgan fingerprint density at radius 1 is 1.14 bits per heavy atom. The van der Waals surface area contributed by atoms with E-state index in [2.05, 4.69) is 0 Å². The fraction of sp³-hybridized carbons (Fsp3) is 0.0625. The average molecular weight is 323 g/mol. The van der Waals surface area contributed by atoms with Crippen molar-refractivity contribution in [3.8, 4) is 11.5 Å². The summed E-state index contributed by atoms with van der Waals surface area (Å²) in [5.41, 5.74) is 1.65. The molecular weight excluding hydrogens is 311 g/mol. The number of aliphatic carboxylic acids is 1. The molecule has 0 radical (unpaired) electrons. The molecule has 0 aliphatic heterocycles. The minimum atomic E-state index is -1.02. The second-order valence-corrected chi connectivity index (χ2v) is 5.23. The van der Waals surface area contributed by atoms with Crippen LogP contribution in [0.4, 0.5) is 0 Å². The van der Waals surface area contributed by atoms with Gasteiger partial charge in [-0.3, -0.25) is 0 Å². The number of rotatable bonds is 4. The van der Waals surface area contributed by atoms with Crippen LogP contribution in [0, 0.1) is 6.92 Å². The van der Waals surface area contributed by atoms with Crippen molar-refractivity contribution in [2.75, 3.05) is 0 Å². The fourth-order valence-corrected chi connectivity index (χ4v) is 2.18. The Balaban J connectivity index is 2.37. The van der Waals surface area contributed by atoms with Gasteiger partial charge in [-0.15, -0.1) is 0 Å². The van der Waals surface area contributed by atoms with E-state index in [4.69, 9.17) is 33.0 Å². The molecule has 3 nitrogen and oxygen atoms in total. The molecule has 0 aliphatic rings. The normalized spacial score (nSPS) is 10.8. The van der Waals surface area contributed by atoms with Crippen LogP contribution < -0.4 is 4.74 Å². The molecule has 0 atom stereocenters. The minimum Gasteiger partial charge on any atom is -0.478 e. The van der Waals surface area contributed by atoms with Gasteiger partial charge in [0.05, 0.1) is 5.02 Å². The van der Waals surface area contributed by atoms with Crippen molar-refractivity contribution in [1.29, 1.82) is 0 Å². The summed E-state index contributed by atoms with van der Waals surface area (Å²) in [5.74, 6) is -0.0517. The third-order valence-electron chi connectivity index (χ3n) is 2.68. The second-order valence-electron chi connectivity index (χ2n) is 4.39. The highest BCUT2D eigenvalue weighted by molar-refractivity contribution is 6.35. The van der Waals surface area contributed by atoms with Crippen molar-refractivity contribution in [3.63, 3.8) is 0 Å². The van der Waals surface area contributed by atoms with Crippen LogP contribution in [-0.2, 0) is 4.79 Å². The van der Waals surface area contributed by atoms with E-state index >= 15 is 0 Å². The maximum Gasteiger partial charge on any atom is 0.328 e. The molecule has 0 saturated heterocycles. The Morgan fingerprint density at radius 2 is 1.86 bits per heavy atom. The molecule has 5 heteroatoms. The summed E-state index contributed by atoms with van der Waals surface area (Å²) in [6.45, 7) is 1.91. The predicted molar refractivity (Wildman–Crippen MR) is 84.4 cm³/mol. The summed E-state index contributed by atoms with van der Waals surface area (Å²) in [6, 6.07) is 10.4. The molecule has 0 fully saturated rings. The van der Waals surface area contributed by atoms with E-state index in [1.165, 1.54) is 6.08 Å². The van der Waals surface area contributed by atoms with E-state index < -0.39 is 5.97 Å². The predicted octanol–water partition coefficient (Wildman–Crippen LogP) is 5.19. The first-order valence-corrected chi connectivity index (χ1v) is 6.86. The van der Waals surface area contributed by atoms with E-state index in [1.807, 2.05) is 19.1 Å². The zero-order chi connectivity index (χ0) is 15.4. The molecule has 2 aromatic rings. The lowest BCUT2D eigenvalue weighted by molar-refractivity contribution is -0.131. The van der Waals surface area contributed by atoms with E-state index in [0.29, 0.717) is 27.1 Å². The zero-order valence-electron chi connectivity index (χ0n) is 11.1. The van der Waals surface area contributed by atoms with Crippen LogP contribution in [0.1, 0.15) is 11.1 Å². The molecule has 21 heavy (non-hydrogen) atoms. The summed E-state index contributed by atoms with van der Waals surface area (Å²) in [7, 11) is 0. The number of hydrogen-bond donors (Lipinski definition) is 1. The maximum absolute atomic E-state index is 10.7. The molecule has 1 N–H and O–H groups in total. The van der Waals surface area contributed by atoms with E-state index in [0.717, 1.165) is 11.6 Å². The van der Waals surface area contributed by atoms with Crippen LogP contribution in [0.2, 0.25) is 10.0 Å². The number of benzene rings is 2. The number of carboxylic acid groups (broad SMARTS) is 1. The monoisotopic (exact) mass is 322 g/mol. The van der Waals surface area contributed by atoms with Gasteiger partial charge in [0.25, 0.3) is 0 Å². The zero-order valence-corrected chi connectivity index (χ0v) is 12.7. The van der Waals surface area contributed by atoms with Crippen molar-refractivity contribution in [2.45, 2.75) is 6.92 Å². The Hall–Kier alpha value is -1.97. The Bertz CT molecular complexity index is 709. The lowest BCUT2D eigenvalue weighted by Crippen LogP contribution is -1.91. The minimum absolute atomic E-state index is 0.385. The Morgan fingerprint density at radius 3 is 2.52 bits per heavy atom. The molecule has 0 aliphatic carbocycles. The molecule has 0 aromatic heterocycles. The second kappa shape index (κ2) is 6.66. The molecular formula is C16H12Cl2O3. The number of carboxylic acids is 1. The van der Waals surface area contributed by atoms with Crippen molar-refractivity contribution in [2.24, 2.45) is 0 Å². The van der Waals surface area contributed by atoms with Gasteiger partial charge in [0, 0.05) is 16.7 Å². The Labute approximate surface area is 132 Å². The van der Waals surface area contributed by atoms with E-state index in [-0.39, 0.29) is 0 Å². The first-order valence-electron chi connectivity index (χ1n) is 6.10. The van der Waals surface area contributed by atoms with Crippen LogP contribution in [0.3, 0.4) is 0 Å². The standard InChI is InChI=1S/C16H12Cl2O3/c1-10-2-5-14(11(8-10)3-7-16(19)20)21-15-6-4-12(17)9-13(15)18/h2-9H,1H3,(H,19,20)/b7-3+. The third kappa shape index (κ3) is 4.25. The number of ether oxygens (including phenoxy) is 1. The van der Waals surface area contributed by atoms with Gasteiger partial charge >= 0.3 is 5.97 Å². The first-order chi connectivity index (χ1) is 9.95. The van der Waals surface area contributed by atoms with Gasteiger partial charge in [0.2, 0.25) is 0 Å². The average Bonchev–Trinajstić information content (AvgIpc) is 2.41. The molecule has 2 rings (SSSR count). The van der Waals surface area contributed by atoms with Gasteiger partial charge in [-0.1, -0.05) is 34.8 Å². The highest BCUT2D eigenvalue weighted by Gasteiger charge is 2.07. The van der Waals surface area contributed by atoms with Gasteiger partial charge < -0.3 is 9.84 Å². The number of carbonyl (C=O) groups is 1. The van der Waals surface area contributed by atoms with Crippen LogP contribution in [0.15, 0.2) is 42.5 Å². The van der Waals surface area contributed by atoms with Gasteiger partial charge in [-0.2, -0.15) is 0 Å². The third-order valence-corrected chi connectivity index (χ3v) is 3.22. The highest BCUT2D eigenvalue weighted by Crippen LogP contribution is 2.33. The quantitative estimate of drug-likeness (QED) is 0.787. The van der Waals surface area contributed by atoms with Gasteiger partial charge in [0.1, 0.15) is 11.5 Å². The van der Waals surface area contributed by atoms with Crippen molar-refractivity contribution < 1.29 is 14.6 Å². The fourth-order valence-electron chi connectivity index (χ4n) is 1.73. The SMILES string of the molecule is Cc1ccc(Oc2ccc(Cl)cc2Cl)c(/C=C/C(=O)O)c1. The van der Waals surface area contributed by atoms with Crippen LogP contribution in [-0.4, -0.2) is 11.1 Å². The van der Waals surface area contributed by atoms with Crippen molar-refractivity contribution in [3.05, 3.63) is 63.6 Å². The molecule has 0 saturated carbocycles. The summed E-state index contributed by atoms with van der Waals surface area (Å²) in [6.07, 6.45) is 2.54. The lowest BCUT2D eigenvalue weighted by Gasteiger charge is -2.11. The van der Waals surface area contributed by atoms with Crippen molar-refractivity contribution in [1.82, 2.24) is 0 Å². The van der Waals surface area contributed by atoms with Crippen LogP contribution in [0.25, 0.3) is 6.08 Å². The van der Waals surface area contributed by atoms with Crippen molar-refractivity contribution >= 4 is 35.2 Å². The lowest BCUT2D eigenvalue weighted by atomic mass is 10.1. The number of aryl methyl sites for hydroxylation is 1. The van der Waals surface area contributed by atoms with Gasteiger partial charge in [0.15, 0.2) is 0 Å². The molecule has 0 spiro atoms. The Kier molecular flexibility index (Phi) is 4.89. The molecule has 2 aromatic carbocycles. The number of hydrogen-bond acceptors (Lipinski definition) is 2. The topological polar surface area (TPSA) is 46.5 Å². The first kappa shape index (κ1) is 15.4. The summed E-state index contributed by atoms with van der Waals surface area (Å²) in [4.78, 5) is 10.7. The molecule has 0 amide bonds. The van der Waals surface area contributed by atoms with Gasteiger partial charge in [-0.25, -0.2) is 4.79 Å². The summed E-state index contributed by atoms with van der Waals surface area (Å²) in [5, 5.41) is 9.64. The molecule has 108 valence electrons. The molecule has 0 heterocycles. The number of halogens is 2. The van der Waals surface area contributed by atoms with Crippen LogP contribution >= 0.6 is 23.2 Å². The summed E-state index contributed by atoms with van der Waals surface area (Å²) < 4.78 is 5.75. The largest absolute Gasteiger partial charge is 0.478 e. The molecule has 0 bridgehead atoms. The maximum atomic E-state index is 10.7. The highest BCUT2D eigenvalue weighted by atomic mass is 35.5. The molecule has 0 unspecified atom stereocenters. The summed E-state index contributed by atoms with van der Waals surface area (Å²) >= 11 is 11.9. The van der Waals surface area contributed by atoms with Gasteiger partial charge in [-0.05, 0) is 43.3 Å².